The van der Waals surface area contributed by atoms with Gasteiger partial charge in [-0.05, 0) is 43.0 Å². The Morgan fingerprint density at radius 2 is 1.96 bits per heavy atom. The smallest absolute Gasteiger partial charge is 0.258 e. The molecule has 2 aromatic carbocycles. The van der Waals surface area contributed by atoms with Gasteiger partial charge in [0.15, 0.2) is 11.5 Å². The van der Waals surface area contributed by atoms with Crippen LogP contribution in [0.1, 0.15) is 23.4 Å². The highest BCUT2D eigenvalue weighted by Gasteiger charge is 2.23. The number of fused-ring (bicyclic) bond motifs is 2. The van der Waals surface area contributed by atoms with Crippen LogP contribution in [0.15, 0.2) is 29.1 Å². The largest absolute Gasteiger partial charge is 0.493 e. The van der Waals surface area contributed by atoms with Gasteiger partial charge in [-0.3, -0.25) is 4.79 Å². The normalized spacial score (nSPS) is 13.5. The molecule has 1 aliphatic heterocycles. The van der Waals surface area contributed by atoms with Crippen molar-refractivity contribution in [2.75, 3.05) is 25.7 Å². The van der Waals surface area contributed by atoms with E-state index in [1.165, 1.54) is 20.3 Å². The molecule has 4 rings (SSSR count). The van der Waals surface area contributed by atoms with Crippen molar-refractivity contribution in [1.82, 2.24) is 9.97 Å². The molecule has 0 radical (unpaired) electrons. The van der Waals surface area contributed by atoms with E-state index in [2.05, 4.69) is 9.97 Å². The Balaban J connectivity index is 1.76. The number of aromatic nitrogens is 2. The fourth-order valence-corrected chi connectivity index (χ4v) is 3.85. The molecule has 146 valence electrons. The van der Waals surface area contributed by atoms with Crippen LogP contribution in [-0.4, -0.2) is 30.7 Å². The van der Waals surface area contributed by atoms with E-state index >= 15 is 0 Å². The lowest BCUT2D eigenvalue weighted by Gasteiger charge is -2.32. The number of aromatic amines is 1. The summed E-state index contributed by atoms with van der Waals surface area (Å²) in [4.78, 5) is 21.9. The Morgan fingerprint density at radius 3 is 2.71 bits per heavy atom. The van der Waals surface area contributed by atoms with Crippen molar-refractivity contribution in [1.29, 1.82) is 0 Å². The fourth-order valence-electron chi connectivity index (χ4n) is 3.85. The maximum atomic E-state index is 14.6. The summed E-state index contributed by atoms with van der Waals surface area (Å²) in [5.41, 5.74) is 2.97. The molecule has 0 bridgehead atoms. The third-order valence-corrected chi connectivity index (χ3v) is 5.24. The quantitative estimate of drug-likeness (QED) is 0.748. The molecule has 1 aliphatic rings. The van der Waals surface area contributed by atoms with Gasteiger partial charge in [-0.1, -0.05) is 6.07 Å². The zero-order valence-electron chi connectivity index (χ0n) is 16.1. The Bertz CT molecular complexity index is 1110. The summed E-state index contributed by atoms with van der Waals surface area (Å²) < 4.78 is 25.1. The van der Waals surface area contributed by atoms with E-state index in [1.807, 2.05) is 17.9 Å². The molecule has 0 amide bonds. The molecule has 0 atom stereocenters. The van der Waals surface area contributed by atoms with Gasteiger partial charge in [-0.2, -0.15) is 0 Å². The van der Waals surface area contributed by atoms with Crippen molar-refractivity contribution in [2.24, 2.45) is 0 Å². The van der Waals surface area contributed by atoms with E-state index in [0.29, 0.717) is 47.0 Å². The molecule has 28 heavy (non-hydrogen) atoms. The highest BCUT2D eigenvalue weighted by atomic mass is 19.1. The van der Waals surface area contributed by atoms with Crippen molar-refractivity contribution >= 4 is 16.6 Å². The molecular weight excluding hydrogens is 361 g/mol. The van der Waals surface area contributed by atoms with Gasteiger partial charge in [0.2, 0.25) is 0 Å². The van der Waals surface area contributed by atoms with E-state index in [-0.39, 0.29) is 11.4 Å². The maximum Gasteiger partial charge on any atom is 0.258 e. The third-order valence-electron chi connectivity index (χ3n) is 5.24. The van der Waals surface area contributed by atoms with Gasteiger partial charge >= 0.3 is 0 Å². The number of hydrogen-bond acceptors (Lipinski definition) is 5. The Hall–Kier alpha value is -3.09. The second kappa shape index (κ2) is 7.14. The summed E-state index contributed by atoms with van der Waals surface area (Å²) in [6.45, 7) is 3.03. The fraction of sp³-hybridized carbons (Fsp3) is 0.333. The number of nitrogens with zero attached hydrogens (tertiary/aromatic N) is 2. The predicted octanol–water partition coefficient (Wildman–Crippen LogP) is 3.34. The van der Waals surface area contributed by atoms with E-state index in [1.54, 1.807) is 12.1 Å². The molecule has 1 N–H and O–H groups in total. The lowest BCUT2D eigenvalue weighted by atomic mass is 9.96. The molecule has 0 saturated heterocycles. The van der Waals surface area contributed by atoms with Crippen LogP contribution >= 0.6 is 0 Å². The maximum absolute atomic E-state index is 14.6. The highest BCUT2D eigenvalue weighted by Crippen LogP contribution is 2.33. The average Bonchev–Trinajstić information content (AvgIpc) is 2.70. The Kier molecular flexibility index (Phi) is 4.66. The first-order valence-corrected chi connectivity index (χ1v) is 9.19. The van der Waals surface area contributed by atoms with Crippen molar-refractivity contribution < 1.29 is 13.9 Å². The van der Waals surface area contributed by atoms with Gasteiger partial charge in [0, 0.05) is 12.6 Å². The molecule has 0 saturated carbocycles. The summed E-state index contributed by atoms with van der Waals surface area (Å²) >= 11 is 0. The van der Waals surface area contributed by atoms with Crippen LogP contribution in [0, 0.1) is 12.7 Å². The minimum atomic E-state index is -0.261. The molecule has 0 fully saturated rings. The first kappa shape index (κ1) is 18.3. The lowest BCUT2D eigenvalue weighted by Crippen LogP contribution is -2.32. The molecule has 0 unspecified atom stereocenters. The molecular formula is C21H22FN3O3. The number of methoxy groups -OCH3 is 2. The Morgan fingerprint density at radius 1 is 1.21 bits per heavy atom. The minimum absolute atomic E-state index is 0.241. The van der Waals surface area contributed by atoms with Gasteiger partial charge in [0.05, 0.1) is 37.4 Å². The van der Waals surface area contributed by atoms with E-state index < -0.39 is 0 Å². The summed E-state index contributed by atoms with van der Waals surface area (Å²) in [6.07, 6.45) is 1.79. The molecule has 1 aromatic heterocycles. The van der Waals surface area contributed by atoms with Gasteiger partial charge in [0.1, 0.15) is 11.6 Å². The second-order valence-corrected chi connectivity index (χ2v) is 6.95. The first-order chi connectivity index (χ1) is 13.5. The standard InChI is InChI=1S/C21H22FN3O3/c1-12-6-7-15(22)20-13(12)5-4-8-25(20)11-19-23-16-10-18(28-3)17(27-2)9-14(16)21(26)24-19/h6-7,9-10H,4-5,8,11H2,1-3H3,(H,23,24,26). The summed E-state index contributed by atoms with van der Waals surface area (Å²) in [6, 6.07) is 6.61. The van der Waals surface area contributed by atoms with Crippen molar-refractivity contribution in [3.63, 3.8) is 0 Å². The predicted molar refractivity (Wildman–Crippen MR) is 106 cm³/mol. The van der Waals surface area contributed by atoms with Crippen LogP contribution in [0.25, 0.3) is 10.9 Å². The van der Waals surface area contributed by atoms with E-state index in [4.69, 9.17) is 9.47 Å². The number of anilines is 1. The first-order valence-electron chi connectivity index (χ1n) is 9.19. The molecule has 0 aliphatic carbocycles. The van der Waals surface area contributed by atoms with E-state index in [9.17, 15) is 9.18 Å². The van der Waals surface area contributed by atoms with E-state index in [0.717, 1.165) is 24.0 Å². The number of H-pyrrole nitrogens is 1. The number of halogens is 1. The van der Waals surface area contributed by atoms with Crippen LogP contribution in [0.2, 0.25) is 0 Å². The van der Waals surface area contributed by atoms with Crippen LogP contribution < -0.4 is 19.9 Å². The molecule has 6 nitrogen and oxygen atoms in total. The number of ether oxygens (including phenoxy) is 2. The second-order valence-electron chi connectivity index (χ2n) is 6.95. The monoisotopic (exact) mass is 383 g/mol. The third kappa shape index (κ3) is 3.06. The zero-order valence-corrected chi connectivity index (χ0v) is 16.1. The number of hydrogen-bond donors (Lipinski definition) is 1. The van der Waals surface area contributed by atoms with Crippen LogP contribution in [-0.2, 0) is 13.0 Å². The summed E-state index contributed by atoms with van der Waals surface area (Å²) in [5, 5.41) is 0.419. The number of rotatable bonds is 4. The van der Waals surface area contributed by atoms with Crippen LogP contribution in [0.3, 0.4) is 0 Å². The average molecular weight is 383 g/mol. The van der Waals surface area contributed by atoms with Gasteiger partial charge in [-0.15, -0.1) is 0 Å². The molecule has 3 aromatic rings. The highest BCUT2D eigenvalue weighted by molar-refractivity contribution is 5.81. The van der Waals surface area contributed by atoms with Crippen molar-refractivity contribution in [2.45, 2.75) is 26.3 Å². The number of nitrogens with one attached hydrogen (secondary N) is 1. The summed E-state index contributed by atoms with van der Waals surface area (Å²) in [5.74, 6) is 1.22. The molecule has 0 spiro atoms. The van der Waals surface area contributed by atoms with Crippen LogP contribution in [0.4, 0.5) is 10.1 Å². The van der Waals surface area contributed by atoms with Gasteiger partial charge < -0.3 is 19.4 Å². The SMILES string of the molecule is COc1cc2nc(CN3CCCc4c(C)ccc(F)c43)[nH]c(=O)c2cc1OC. The zero-order chi connectivity index (χ0) is 19.8. The Labute approximate surface area is 161 Å². The number of aryl methyl sites for hydroxylation is 1. The van der Waals surface area contributed by atoms with Gasteiger partial charge in [0.25, 0.3) is 5.56 Å². The summed E-state index contributed by atoms with van der Waals surface area (Å²) in [7, 11) is 3.05. The van der Waals surface area contributed by atoms with Crippen molar-refractivity contribution in [3.05, 3.63) is 57.4 Å². The number of benzene rings is 2. The molecule has 7 heteroatoms. The molecule has 2 heterocycles. The minimum Gasteiger partial charge on any atom is -0.493 e. The lowest BCUT2D eigenvalue weighted by molar-refractivity contribution is 0.355. The van der Waals surface area contributed by atoms with Crippen LogP contribution in [0.5, 0.6) is 11.5 Å². The van der Waals surface area contributed by atoms with Crippen molar-refractivity contribution in [3.8, 4) is 11.5 Å². The van der Waals surface area contributed by atoms with Gasteiger partial charge in [-0.25, -0.2) is 9.37 Å². The topological polar surface area (TPSA) is 67.5 Å².